The molecule has 2 aliphatic heterocycles. The van der Waals surface area contributed by atoms with Crippen LogP contribution in [0, 0.1) is 0 Å². The van der Waals surface area contributed by atoms with Crippen molar-refractivity contribution in [2.45, 2.75) is 6.92 Å². The number of allylic oxidation sites excluding steroid dienone is 2. The number of nitrogens with zero attached hydrogens (tertiary/aromatic N) is 5. The number of rotatable bonds is 4. The summed E-state index contributed by atoms with van der Waals surface area (Å²) in [5, 5.41) is 11.3. The normalized spacial score (nSPS) is 22.8. The summed E-state index contributed by atoms with van der Waals surface area (Å²) >= 11 is 6.47. The van der Waals surface area contributed by atoms with Gasteiger partial charge in [-0.1, -0.05) is 30.1 Å². The van der Waals surface area contributed by atoms with Crippen molar-refractivity contribution in [1.29, 1.82) is 0 Å². The average Bonchev–Trinajstić information content (AvgIpc) is 2.91. The van der Waals surface area contributed by atoms with Gasteiger partial charge in [-0.15, -0.1) is 6.58 Å². The summed E-state index contributed by atoms with van der Waals surface area (Å²) < 4.78 is 0.557. The molecule has 2 aliphatic rings. The van der Waals surface area contributed by atoms with Crippen LogP contribution >= 0.6 is 24.0 Å². The molecule has 0 unspecified atom stereocenters. The standard InChI is InChI=1S/C12H15N5OS2/c1-4-8-16-11(18)9(20-12(16)19)6-7-10-15(3)13-14-17(10)5-2/h4,6-7H,1,5,8H2,2-3H3/b9-6+,10-7+. The fourth-order valence-electron chi connectivity index (χ4n) is 1.74. The Labute approximate surface area is 127 Å². The summed E-state index contributed by atoms with van der Waals surface area (Å²) in [6.07, 6.45) is 5.24. The number of carbonyl (C=O) groups is 1. The Morgan fingerprint density at radius 2 is 2.15 bits per heavy atom. The van der Waals surface area contributed by atoms with Crippen LogP contribution in [0.1, 0.15) is 6.92 Å². The highest BCUT2D eigenvalue weighted by molar-refractivity contribution is 8.26. The number of amides is 1. The third kappa shape index (κ3) is 2.75. The Kier molecular flexibility index (Phi) is 4.56. The summed E-state index contributed by atoms with van der Waals surface area (Å²) in [6.45, 7) is 6.76. The van der Waals surface area contributed by atoms with Crippen molar-refractivity contribution in [2.75, 3.05) is 20.1 Å². The molecular weight excluding hydrogens is 294 g/mol. The maximum absolute atomic E-state index is 12.1. The van der Waals surface area contributed by atoms with E-state index in [2.05, 4.69) is 17.0 Å². The summed E-state index contributed by atoms with van der Waals surface area (Å²) in [7, 11) is 1.81. The van der Waals surface area contributed by atoms with Gasteiger partial charge in [0.25, 0.3) is 5.91 Å². The molecule has 0 radical (unpaired) electrons. The van der Waals surface area contributed by atoms with Crippen molar-refractivity contribution in [2.24, 2.45) is 10.4 Å². The topological polar surface area (TPSA) is 51.5 Å². The van der Waals surface area contributed by atoms with E-state index in [1.807, 2.05) is 20.0 Å². The first-order chi connectivity index (χ1) is 9.58. The van der Waals surface area contributed by atoms with E-state index in [1.54, 1.807) is 22.2 Å². The number of thioether (sulfide) groups is 1. The molecule has 0 aromatic carbocycles. The number of carbonyl (C=O) groups excluding carboxylic acids is 1. The largest absolute Gasteiger partial charge is 0.289 e. The molecule has 0 N–H and O–H groups in total. The van der Waals surface area contributed by atoms with Crippen molar-refractivity contribution in [3.05, 3.63) is 35.5 Å². The van der Waals surface area contributed by atoms with Crippen molar-refractivity contribution in [3.63, 3.8) is 0 Å². The van der Waals surface area contributed by atoms with E-state index in [-0.39, 0.29) is 5.91 Å². The van der Waals surface area contributed by atoms with Gasteiger partial charge in [-0.3, -0.25) is 9.69 Å². The van der Waals surface area contributed by atoms with Gasteiger partial charge in [0, 0.05) is 20.1 Å². The van der Waals surface area contributed by atoms with Crippen LogP contribution in [0.25, 0.3) is 0 Å². The van der Waals surface area contributed by atoms with Crippen LogP contribution in [0.15, 0.2) is 46.0 Å². The van der Waals surface area contributed by atoms with E-state index in [0.717, 1.165) is 5.82 Å². The molecule has 6 nitrogen and oxygen atoms in total. The molecule has 0 spiro atoms. The second-order valence-corrected chi connectivity index (χ2v) is 5.72. The van der Waals surface area contributed by atoms with Gasteiger partial charge in [0.15, 0.2) is 0 Å². The minimum atomic E-state index is -0.0886. The SMILES string of the molecule is C=CCN1C(=O)/C(=C\C=C2/N(C)N=NN2CC)SC1=S. The van der Waals surface area contributed by atoms with E-state index < -0.39 is 0 Å². The zero-order valence-electron chi connectivity index (χ0n) is 11.3. The van der Waals surface area contributed by atoms with Crippen molar-refractivity contribution < 1.29 is 4.79 Å². The summed E-state index contributed by atoms with van der Waals surface area (Å²) in [4.78, 5) is 14.3. The van der Waals surface area contributed by atoms with E-state index >= 15 is 0 Å². The first kappa shape index (κ1) is 14.7. The molecule has 0 aliphatic carbocycles. The molecule has 1 saturated heterocycles. The third-order valence-electron chi connectivity index (χ3n) is 2.75. The fraction of sp³-hybridized carbons (Fsp3) is 0.333. The van der Waals surface area contributed by atoms with Crippen LogP contribution in [-0.2, 0) is 4.79 Å². The molecule has 106 valence electrons. The Hall–Kier alpha value is -1.67. The van der Waals surface area contributed by atoms with Crippen molar-refractivity contribution >= 4 is 34.2 Å². The highest BCUT2D eigenvalue weighted by Crippen LogP contribution is 2.31. The molecule has 8 heteroatoms. The quantitative estimate of drug-likeness (QED) is 0.453. The molecule has 0 saturated carbocycles. The molecule has 0 atom stereocenters. The number of hydrogen-bond donors (Lipinski definition) is 0. The predicted molar refractivity (Wildman–Crippen MR) is 83.3 cm³/mol. The van der Waals surface area contributed by atoms with Crippen molar-refractivity contribution in [3.8, 4) is 0 Å². The predicted octanol–water partition coefficient (Wildman–Crippen LogP) is 2.31. The molecule has 1 fully saturated rings. The van der Waals surface area contributed by atoms with Crippen molar-refractivity contribution in [1.82, 2.24) is 14.9 Å². The van der Waals surface area contributed by atoms with Crippen LogP contribution in [0.3, 0.4) is 0 Å². The van der Waals surface area contributed by atoms with Gasteiger partial charge in [0.1, 0.15) is 10.1 Å². The lowest BCUT2D eigenvalue weighted by molar-refractivity contribution is -0.121. The van der Waals surface area contributed by atoms with Crippen LogP contribution in [0.5, 0.6) is 0 Å². The van der Waals surface area contributed by atoms with E-state index in [9.17, 15) is 4.79 Å². The van der Waals surface area contributed by atoms with E-state index in [4.69, 9.17) is 12.2 Å². The van der Waals surface area contributed by atoms with Gasteiger partial charge in [-0.2, -0.15) is 0 Å². The Bertz CT molecular complexity index is 540. The first-order valence-electron chi connectivity index (χ1n) is 6.07. The third-order valence-corrected chi connectivity index (χ3v) is 4.14. The van der Waals surface area contributed by atoms with E-state index in [0.29, 0.717) is 22.3 Å². The molecule has 2 heterocycles. The highest BCUT2D eigenvalue weighted by Gasteiger charge is 2.30. The summed E-state index contributed by atoms with van der Waals surface area (Å²) in [6, 6.07) is 0. The molecule has 2 rings (SSSR count). The molecule has 0 aromatic rings. The minimum Gasteiger partial charge on any atom is -0.289 e. The van der Waals surface area contributed by atoms with Gasteiger partial charge < -0.3 is 0 Å². The lowest BCUT2D eigenvalue weighted by Gasteiger charge is -2.14. The lowest BCUT2D eigenvalue weighted by atomic mass is 10.4. The van der Waals surface area contributed by atoms with Gasteiger partial charge >= 0.3 is 0 Å². The van der Waals surface area contributed by atoms with E-state index in [1.165, 1.54) is 16.7 Å². The molecule has 20 heavy (non-hydrogen) atoms. The molecule has 1 amide bonds. The summed E-state index contributed by atoms with van der Waals surface area (Å²) in [5.41, 5.74) is 0. The average molecular weight is 309 g/mol. The summed E-state index contributed by atoms with van der Waals surface area (Å²) in [5.74, 6) is 0.732. The second kappa shape index (κ2) is 6.19. The first-order valence-corrected chi connectivity index (χ1v) is 7.30. The van der Waals surface area contributed by atoms with Crippen LogP contribution in [0.4, 0.5) is 0 Å². The minimum absolute atomic E-state index is 0.0886. The smallest absolute Gasteiger partial charge is 0.266 e. The fourth-order valence-corrected chi connectivity index (χ4v) is 2.95. The maximum atomic E-state index is 12.1. The molecular formula is C12H15N5OS2. The zero-order valence-corrected chi connectivity index (χ0v) is 12.9. The molecule has 0 bridgehead atoms. The van der Waals surface area contributed by atoms with Gasteiger partial charge in [0.05, 0.1) is 4.91 Å². The second-order valence-electron chi connectivity index (χ2n) is 4.05. The van der Waals surface area contributed by atoms with Crippen LogP contribution in [0.2, 0.25) is 0 Å². The molecule has 0 aromatic heterocycles. The Balaban J connectivity index is 2.18. The maximum Gasteiger partial charge on any atom is 0.266 e. The lowest BCUT2D eigenvalue weighted by Crippen LogP contribution is -2.27. The van der Waals surface area contributed by atoms with Crippen LogP contribution in [-0.4, -0.2) is 45.3 Å². The number of hydrogen-bond acceptors (Lipinski definition) is 7. The van der Waals surface area contributed by atoms with Gasteiger partial charge in [0.2, 0.25) is 0 Å². The monoisotopic (exact) mass is 309 g/mol. The van der Waals surface area contributed by atoms with Crippen LogP contribution < -0.4 is 0 Å². The number of thiocarbonyl (C=S) groups is 1. The van der Waals surface area contributed by atoms with Gasteiger partial charge in [-0.05, 0) is 29.5 Å². The Morgan fingerprint density at radius 1 is 1.40 bits per heavy atom. The Morgan fingerprint density at radius 3 is 2.80 bits per heavy atom. The zero-order chi connectivity index (χ0) is 14.7. The van der Waals surface area contributed by atoms with Gasteiger partial charge in [-0.25, -0.2) is 10.0 Å². The highest BCUT2D eigenvalue weighted by atomic mass is 32.2.